The van der Waals surface area contributed by atoms with Crippen molar-refractivity contribution in [2.24, 2.45) is 0 Å². The molecule has 1 atom stereocenters. The first-order valence-corrected chi connectivity index (χ1v) is 5.45. The Kier molecular flexibility index (Phi) is 3.69. The normalized spacial score (nSPS) is 22.6. The highest BCUT2D eigenvalue weighted by Gasteiger charge is 2.19. The summed E-state index contributed by atoms with van der Waals surface area (Å²) in [4.78, 5) is 4.30. The fraction of sp³-hybridized carbons (Fsp3) is 0.800. The van der Waals surface area contributed by atoms with Gasteiger partial charge in [-0.1, -0.05) is 18.0 Å². The van der Waals surface area contributed by atoms with Gasteiger partial charge in [0.1, 0.15) is 6.61 Å². The van der Waals surface area contributed by atoms with Crippen LogP contribution in [-0.2, 0) is 11.3 Å². The van der Waals surface area contributed by atoms with E-state index in [0.717, 1.165) is 18.8 Å². The van der Waals surface area contributed by atoms with E-state index in [1.54, 1.807) is 7.11 Å². The maximum Gasteiger partial charge on any atom is 0.252 e. The van der Waals surface area contributed by atoms with E-state index in [0.29, 0.717) is 12.5 Å². The molecule has 1 aliphatic heterocycles. The van der Waals surface area contributed by atoms with Crippen molar-refractivity contribution < 1.29 is 9.26 Å². The van der Waals surface area contributed by atoms with Crippen LogP contribution in [0.4, 0.5) is 0 Å². The van der Waals surface area contributed by atoms with Crippen LogP contribution in [0.5, 0.6) is 0 Å². The predicted molar refractivity (Wildman–Crippen MR) is 54.2 cm³/mol. The Morgan fingerprint density at radius 2 is 2.40 bits per heavy atom. The zero-order chi connectivity index (χ0) is 10.5. The molecule has 1 fully saturated rings. The van der Waals surface area contributed by atoms with Gasteiger partial charge in [-0.3, -0.25) is 0 Å². The van der Waals surface area contributed by atoms with Crippen molar-refractivity contribution in [3.8, 4) is 0 Å². The summed E-state index contributed by atoms with van der Waals surface area (Å²) in [6, 6.07) is 0.252. The highest BCUT2D eigenvalue weighted by molar-refractivity contribution is 4.94. The van der Waals surface area contributed by atoms with Crippen LogP contribution in [0.15, 0.2) is 4.52 Å². The summed E-state index contributed by atoms with van der Waals surface area (Å²) in [5.41, 5.74) is 0. The van der Waals surface area contributed by atoms with Gasteiger partial charge >= 0.3 is 0 Å². The van der Waals surface area contributed by atoms with E-state index >= 15 is 0 Å². The van der Waals surface area contributed by atoms with Crippen molar-refractivity contribution in [3.63, 3.8) is 0 Å². The summed E-state index contributed by atoms with van der Waals surface area (Å²) in [6.07, 6.45) is 4.84. The van der Waals surface area contributed by atoms with Crippen molar-refractivity contribution >= 4 is 0 Å². The zero-order valence-electron chi connectivity index (χ0n) is 9.03. The molecule has 0 spiro atoms. The number of ether oxygens (including phenoxy) is 1. The number of nitrogens with zero attached hydrogens (tertiary/aromatic N) is 2. The molecule has 2 heterocycles. The van der Waals surface area contributed by atoms with Crippen LogP contribution in [0.1, 0.15) is 43.4 Å². The fourth-order valence-corrected chi connectivity index (χ4v) is 1.84. The van der Waals surface area contributed by atoms with E-state index in [4.69, 9.17) is 9.26 Å². The average molecular weight is 211 g/mol. The van der Waals surface area contributed by atoms with Crippen LogP contribution in [-0.4, -0.2) is 23.8 Å². The van der Waals surface area contributed by atoms with Crippen molar-refractivity contribution in [1.29, 1.82) is 0 Å². The molecule has 84 valence electrons. The SMILES string of the molecule is COCc1nc([C@H]2CCCCCN2)no1. The molecule has 5 heteroatoms. The summed E-state index contributed by atoms with van der Waals surface area (Å²) in [7, 11) is 1.62. The molecule has 1 N–H and O–H groups in total. The molecule has 0 radical (unpaired) electrons. The van der Waals surface area contributed by atoms with E-state index in [1.165, 1.54) is 19.3 Å². The molecule has 0 bridgehead atoms. The minimum Gasteiger partial charge on any atom is -0.375 e. The largest absolute Gasteiger partial charge is 0.375 e. The topological polar surface area (TPSA) is 60.2 Å². The van der Waals surface area contributed by atoms with E-state index in [9.17, 15) is 0 Å². The number of rotatable bonds is 3. The maximum atomic E-state index is 5.07. The van der Waals surface area contributed by atoms with Gasteiger partial charge in [-0.2, -0.15) is 4.98 Å². The third-order valence-electron chi connectivity index (χ3n) is 2.62. The first-order valence-electron chi connectivity index (χ1n) is 5.45. The van der Waals surface area contributed by atoms with Crippen LogP contribution < -0.4 is 5.32 Å². The molecule has 0 saturated carbocycles. The molecular weight excluding hydrogens is 194 g/mol. The highest BCUT2D eigenvalue weighted by Crippen LogP contribution is 2.20. The molecule has 1 saturated heterocycles. The molecule has 15 heavy (non-hydrogen) atoms. The first-order chi connectivity index (χ1) is 7.40. The Balaban J connectivity index is 2.00. The quantitative estimate of drug-likeness (QED) is 0.819. The molecule has 0 amide bonds. The molecule has 2 rings (SSSR count). The predicted octanol–water partition coefficient (Wildman–Crippen LogP) is 1.42. The maximum absolute atomic E-state index is 5.07. The second kappa shape index (κ2) is 5.23. The van der Waals surface area contributed by atoms with Gasteiger partial charge in [0.2, 0.25) is 0 Å². The van der Waals surface area contributed by atoms with Gasteiger partial charge in [0, 0.05) is 7.11 Å². The fourth-order valence-electron chi connectivity index (χ4n) is 1.84. The standard InChI is InChI=1S/C10H17N3O2/c1-14-7-9-12-10(13-15-9)8-5-3-2-4-6-11-8/h8,11H,2-7H2,1H3/t8-/m1/s1. The summed E-state index contributed by atoms with van der Waals surface area (Å²) < 4.78 is 10.0. The summed E-state index contributed by atoms with van der Waals surface area (Å²) >= 11 is 0. The molecule has 0 unspecified atom stereocenters. The summed E-state index contributed by atoms with van der Waals surface area (Å²) in [5, 5.41) is 7.40. The zero-order valence-corrected chi connectivity index (χ0v) is 9.03. The van der Waals surface area contributed by atoms with Crippen LogP contribution in [0.3, 0.4) is 0 Å². The van der Waals surface area contributed by atoms with Crippen molar-refractivity contribution in [1.82, 2.24) is 15.5 Å². The van der Waals surface area contributed by atoms with Gasteiger partial charge in [0.15, 0.2) is 5.82 Å². The minimum atomic E-state index is 0.252. The third-order valence-corrected chi connectivity index (χ3v) is 2.62. The lowest BCUT2D eigenvalue weighted by atomic mass is 10.1. The van der Waals surface area contributed by atoms with E-state index in [-0.39, 0.29) is 6.04 Å². The molecule has 5 nitrogen and oxygen atoms in total. The monoisotopic (exact) mass is 211 g/mol. The van der Waals surface area contributed by atoms with Crippen LogP contribution >= 0.6 is 0 Å². The Hall–Kier alpha value is -0.940. The van der Waals surface area contributed by atoms with E-state index < -0.39 is 0 Å². The average Bonchev–Trinajstić information content (AvgIpc) is 2.53. The molecule has 0 aromatic carbocycles. The Morgan fingerprint density at radius 1 is 1.47 bits per heavy atom. The van der Waals surface area contributed by atoms with Crippen LogP contribution in [0.2, 0.25) is 0 Å². The van der Waals surface area contributed by atoms with Gasteiger partial charge in [0.05, 0.1) is 6.04 Å². The van der Waals surface area contributed by atoms with E-state index in [1.807, 2.05) is 0 Å². The Morgan fingerprint density at radius 3 is 3.27 bits per heavy atom. The number of hydrogen-bond acceptors (Lipinski definition) is 5. The second-order valence-corrected chi connectivity index (χ2v) is 3.84. The Labute approximate surface area is 89.2 Å². The molecule has 1 aromatic heterocycles. The highest BCUT2D eigenvalue weighted by atomic mass is 16.5. The molecule has 1 aliphatic rings. The number of methoxy groups -OCH3 is 1. The smallest absolute Gasteiger partial charge is 0.252 e. The van der Waals surface area contributed by atoms with Gasteiger partial charge in [-0.15, -0.1) is 0 Å². The van der Waals surface area contributed by atoms with Gasteiger partial charge < -0.3 is 14.6 Å². The van der Waals surface area contributed by atoms with Crippen LogP contribution in [0, 0.1) is 0 Å². The summed E-state index contributed by atoms with van der Waals surface area (Å²) in [5.74, 6) is 1.32. The molecule has 1 aromatic rings. The lowest BCUT2D eigenvalue weighted by molar-refractivity contribution is 0.151. The van der Waals surface area contributed by atoms with Crippen LogP contribution in [0.25, 0.3) is 0 Å². The van der Waals surface area contributed by atoms with Gasteiger partial charge in [-0.05, 0) is 19.4 Å². The van der Waals surface area contributed by atoms with Crippen molar-refractivity contribution in [2.75, 3.05) is 13.7 Å². The van der Waals surface area contributed by atoms with Crippen molar-refractivity contribution in [2.45, 2.75) is 38.3 Å². The summed E-state index contributed by atoms with van der Waals surface area (Å²) in [6.45, 7) is 1.43. The minimum absolute atomic E-state index is 0.252. The lowest BCUT2D eigenvalue weighted by Crippen LogP contribution is -2.21. The number of aromatic nitrogens is 2. The number of hydrogen-bond donors (Lipinski definition) is 1. The molecular formula is C10H17N3O2. The van der Waals surface area contributed by atoms with Crippen molar-refractivity contribution in [3.05, 3.63) is 11.7 Å². The number of nitrogens with one attached hydrogen (secondary N) is 1. The lowest BCUT2D eigenvalue weighted by Gasteiger charge is -2.09. The first kappa shape index (κ1) is 10.6. The van der Waals surface area contributed by atoms with E-state index in [2.05, 4.69) is 15.5 Å². The third kappa shape index (κ3) is 2.76. The second-order valence-electron chi connectivity index (χ2n) is 3.84. The Bertz CT molecular complexity index is 293. The van der Waals surface area contributed by atoms with Gasteiger partial charge in [0.25, 0.3) is 5.89 Å². The molecule has 0 aliphatic carbocycles. The van der Waals surface area contributed by atoms with Gasteiger partial charge in [-0.25, -0.2) is 0 Å².